The summed E-state index contributed by atoms with van der Waals surface area (Å²) in [4.78, 5) is 12.1. The lowest BCUT2D eigenvalue weighted by Gasteiger charge is -2.13. The molecule has 0 saturated heterocycles. The van der Waals surface area contributed by atoms with Crippen molar-refractivity contribution in [2.75, 3.05) is 27.1 Å². The summed E-state index contributed by atoms with van der Waals surface area (Å²) in [7, 11) is 4.59. The fraction of sp³-hybridized carbons (Fsp3) is 0.238. The molecule has 33 heavy (non-hydrogen) atoms. The normalized spacial score (nSPS) is 10.9. The van der Waals surface area contributed by atoms with E-state index in [2.05, 4.69) is 20.7 Å². The molecular formula is C21H21ClN4O4S3. The van der Waals surface area contributed by atoms with Crippen molar-refractivity contribution in [3.8, 4) is 17.2 Å². The van der Waals surface area contributed by atoms with Gasteiger partial charge in [-0.2, -0.15) is 5.10 Å². The fourth-order valence-electron chi connectivity index (χ4n) is 2.60. The van der Waals surface area contributed by atoms with E-state index in [9.17, 15) is 4.79 Å². The van der Waals surface area contributed by atoms with E-state index >= 15 is 0 Å². The third-order valence-corrected chi connectivity index (χ3v) is 7.63. The zero-order chi connectivity index (χ0) is 23.6. The number of halogens is 1. The predicted octanol–water partition coefficient (Wildman–Crippen LogP) is 4.75. The van der Waals surface area contributed by atoms with Crippen LogP contribution in [0.15, 0.2) is 50.2 Å². The first kappa shape index (κ1) is 25.2. The van der Waals surface area contributed by atoms with Crippen molar-refractivity contribution < 1.29 is 19.0 Å². The molecule has 8 nitrogen and oxygen atoms in total. The summed E-state index contributed by atoms with van der Waals surface area (Å²) in [5.74, 6) is 2.12. The number of nitrogens with zero attached hydrogens (tertiary/aromatic N) is 3. The summed E-state index contributed by atoms with van der Waals surface area (Å²) >= 11 is 10.2. The molecule has 1 aromatic heterocycles. The number of hydrogen-bond acceptors (Lipinski definition) is 10. The number of carbonyl (C=O) groups is 1. The highest BCUT2D eigenvalue weighted by atomic mass is 35.5. The van der Waals surface area contributed by atoms with Crippen molar-refractivity contribution in [2.45, 2.75) is 14.4 Å². The Hall–Kier alpha value is -2.47. The van der Waals surface area contributed by atoms with Crippen molar-refractivity contribution >= 4 is 58.6 Å². The van der Waals surface area contributed by atoms with Gasteiger partial charge in [0, 0.05) is 16.3 Å². The number of rotatable bonds is 11. The van der Waals surface area contributed by atoms with Gasteiger partial charge in [-0.25, -0.2) is 5.43 Å². The molecule has 0 spiro atoms. The van der Waals surface area contributed by atoms with Gasteiger partial charge in [0.15, 0.2) is 20.2 Å². The summed E-state index contributed by atoms with van der Waals surface area (Å²) in [6.07, 6.45) is 1.49. The minimum atomic E-state index is -0.263. The van der Waals surface area contributed by atoms with Crippen LogP contribution in [0.2, 0.25) is 5.02 Å². The van der Waals surface area contributed by atoms with E-state index in [-0.39, 0.29) is 11.7 Å². The third-order valence-electron chi connectivity index (χ3n) is 4.12. The van der Waals surface area contributed by atoms with Gasteiger partial charge in [-0.05, 0) is 29.8 Å². The summed E-state index contributed by atoms with van der Waals surface area (Å²) in [6.45, 7) is 0. The van der Waals surface area contributed by atoms with Gasteiger partial charge in [0.25, 0.3) is 5.91 Å². The van der Waals surface area contributed by atoms with E-state index in [1.807, 2.05) is 24.3 Å². The van der Waals surface area contributed by atoms with E-state index in [1.54, 1.807) is 31.0 Å². The zero-order valence-corrected chi connectivity index (χ0v) is 21.2. The topological polar surface area (TPSA) is 94.9 Å². The molecule has 2 aromatic carbocycles. The van der Waals surface area contributed by atoms with Crippen LogP contribution < -0.4 is 19.6 Å². The van der Waals surface area contributed by atoms with Gasteiger partial charge in [0.2, 0.25) is 5.75 Å². The van der Waals surface area contributed by atoms with E-state index in [4.69, 9.17) is 25.8 Å². The smallest absolute Gasteiger partial charge is 0.250 e. The maximum absolute atomic E-state index is 12.1. The molecule has 0 aliphatic heterocycles. The Bertz CT molecular complexity index is 1110. The number of ether oxygens (including phenoxy) is 3. The Morgan fingerprint density at radius 3 is 2.39 bits per heavy atom. The zero-order valence-electron chi connectivity index (χ0n) is 18.0. The minimum absolute atomic E-state index is 0.164. The second-order valence-electron chi connectivity index (χ2n) is 6.25. The van der Waals surface area contributed by atoms with Gasteiger partial charge in [-0.15, -0.1) is 10.2 Å². The molecule has 1 amide bonds. The molecule has 0 atom stereocenters. The molecule has 0 unspecified atom stereocenters. The van der Waals surface area contributed by atoms with Gasteiger partial charge < -0.3 is 14.2 Å². The van der Waals surface area contributed by atoms with E-state index in [0.29, 0.717) is 32.2 Å². The number of nitrogens with one attached hydrogen (secondary N) is 1. The predicted molar refractivity (Wildman–Crippen MR) is 133 cm³/mol. The fourth-order valence-corrected chi connectivity index (χ4v) is 5.49. The van der Waals surface area contributed by atoms with Crippen LogP contribution in [0.25, 0.3) is 0 Å². The monoisotopic (exact) mass is 524 g/mol. The SMILES string of the molecule is COc1ccc(/C=N/NC(=O)CSc2nnc(SCc3ccc(Cl)cc3)s2)c(OC)c1OC. The molecule has 0 radical (unpaired) electrons. The number of methoxy groups -OCH3 is 3. The summed E-state index contributed by atoms with van der Waals surface area (Å²) < 4.78 is 17.5. The number of thioether (sulfide) groups is 2. The van der Waals surface area contributed by atoms with Gasteiger partial charge >= 0.3 is 0 Å². The molecule has 0 bridgehead atoms. The van der Waals surface area contributed by atoms with Gasteiger partial charge in [0.1, 0.15) is 0 Å². The molecule has 1 N–H and O–H groups in total. The van der Waals surface area contributed by atoms with Crippen LogP contribution in [0, 0.1) is 0 Å². The lowest BCUT2D eigenvalue weighted by molar-refractivity contribution is -0.118. The van der Waals surface area contributed by atoms with Crippen molar-refractivity contribution in [3.63, 3.8) is 0 Å². The summed E-state index contributed by atoms with van der Waals surface area (Å²) in [5, 5.41) is 13.0. The summed E-state index contributed by atoms with van der Waals surface area (Å²) in [6, 6.07) is 11.2. The van der Waals surface area contributed by atoms with Crippen LogP contribution in [-0.4, -0.2) is 49.4 Å². The van der Waals surface area contributed by atoms with Crippen molar-refractivity contribution in [1.82, 2.24) is 15.6 Å². The van der Waals surface area contributed by atoms with E-state index in [0.717, 1.165) is 15.7 Å². The van der Waals surface area contributed by atoms with Crippen LogP contribution in [0.1, 0.15) is 11.1 Å². The maximum atomic E-state index is 12.1. The first-order valence-corrected chi connectivity index (χ1v) is 12.6. The molecule has 0 aliphatic rings. The number of aromatic nitrogens is 2. The Morgan fingerprint density at radius 2 is 1.73 bits per heavy atom. The van der Waals surface area contributed by atoms with Crippen molar-refractivity contribution in [2.24, 2.45) is 5.10 Å². The van der Waals surface area contributed by atoms with Crippen LogP contribution >= 0.6 is 46.5 Å². The number of benzene rings is 2. The van der Waals surface area contributed by atoms with Crippen LogP contribution in [-0.2, 0) is 10.5 Å². The molecule has 174 valence electrons. The highest BCUT2D eigenvalue weighted by Crippen LogP contribution is 2.39. The lowest BCUT2D eigenvalue weighted by Crippen LogP contribution is -2.19. The Kier molecular flexibility index (Phi) is 9.67. The van der Waals surface area contributed by atoms with Gasteiger partial charge in [-0.3, -0.25) is 4.79 Å². The second-order valence-corrected chi connectivity index (χ2v) is 10.1. The molecule has 0 aliphatic carbocycles. The molecule has 1 heterocycles. The maximum Gasteiger partial charge on any atom is 0.250 e. The van der Waals surface area contributed by atoms with Crippen molar-refractivity contribution in [1.29, 1.82) is 0 Å². The Morgan fingerprint density at radius 1 is 1.03 bits per heavy atom. The Balaban J connectivity index is 1.48. The van der Waals surface area contributed by atoms with Crippen LogP contribution in [0.3, 0.4) is 0 Å². The van der Waals surface area contributed by atoms with Gasteiger partial charge in [0.05, 0.1) is 33.3 Å². The molecule has 0 saturated carbocycles. The first-order valence-electron chi connectivity index (χ1n) is 9.48. The highest BCUT2D eigenvalue weighted by molar-refractivity contribution is 8.03. The van der Waals surface area contributed by atoms with E-state index < -0.39 is 0 Å². The molecule has 3 rings (SSSR count). The number of hydrogen-bond donors (Lipinski definition) is 1. The molecule has 0 fully saturated rings. The number of amides is 1. The second kappa shape index (κ2) is 12.7. The van der Waals surface area contributed by atoms with Crippen molar-refractivity contribution in [3.05, 3.63) is 52.5 Å². The standard InChI is InChI=1S/C21H21ClN4O4S3/c1-28-16-9-6-14(18(29-2)19(16)30-3)10-23-24-17(27)12-32-21-26-25-20(33-21)31-11-13-4-7-15(22)8-5-13/h4-10H,11-12H2,1-3H3,(H,24,27)/b23-10+. The quantitative estimate of drug-likeness (QED) is 0.218. The first-order chi connectivity index (χ1) is 16.0. The average Bonchev–Trinajstić information content (AvgIpc) is 3.29. The van der Waals surface area contributed by atoms with Gasteiger partial charge in [-0.1, -0.05) is 58.6 Å². The lowest BCUT2D eigenvalue weighted by atomic mass is 10.2. The molecule has 12 heteroatoms. The highest BCUT2D eigenvalue weighted by Gasteiger charge is 2.15. The van der Waals surface area contributed by atoms with E-state index in [1.165, 1.54) is 43.5 Å². The van der Waals surface area contributed by atoms with Crippen LogP contribution in [0.5, 0.6) is 17.2 Å². The van der Waals surface area contributed by atoms with Crippen LogP contribution in [0.4, 0.5) is 0 Å². The number of hydrazone groups is 1. The molecule has 3 aromatic rings. The Labute approximate surface area is 209 Å². The largest absolute Gasteiger partial charge is 0.493 e. The average molecular weight is 525 g/mol. The third kappa shape index (κ3) is 7.26. The number of carbonyl (C=O) groups excluding carboxylic acids is 1. The molecular weight excluding hydrogens is 504 g/mol. The summed E-state index contributed by atoms with van der Waals surface area (Å²) in [5.41, 5.74) is 4.28. The minimum Gasteiger partial charge on any atom is -0.493 e.